The number of aliphatic carboxylic acids is 1. The number of carbonyl (C=O) groups is 2. The fourth-order valence-electron chi connectivity index (χ4n) is 3.08. The van der Waals surface area contributed by atoms with Crippen LogP contribution in [-0.2, 0) is 11.2 Å². The second-order valence-electron chi connectivity index (χ2n) is 6.52. The molecule has 0 spiro atoms. The fourth-order valence-corrected chi connectivity index (χ4v) is 3.08. The molecule has 1 saturated heterocycles. The molecule has 0 saturated carbocycles. The zero-order chi connectivity index (χ0) is 16.8. The van der Waals surface area contributed by atoms with Gasteiger partial charge < -0.3 is 14.9 Å². The van der Waals surface area contributed by atoms with Gasteiger partial charge in [0.25, 0.3) is 0 Å². The molecule has 1 aliphatic rings. The van der Waals surface area contributed by atoms with Crippen LogP contribution in [0.2, 0.25) is 0 Å². The van der Waals surface area contributed by atoms with E-state index >= 15 is 0 Å². The Labute approximate surface area is 137 Å². The first-order chi connectivity index (χ1) is 11.0. The van der Waals surface area contributed by atoms with Crippen molar-refractivity contribution in [3.05, 3.63) is 35.9 Å². The van der Waals surface area contributed by atoms with Crippen molar-refractivity contribution in [1.29, 1.82) is 0 Å². The summed E-state index contributed by atoms with van der Waals surface area (Å²) in [6, 6.07) is 10.4. The maximum absolute atomic E-state index is 12.4. The monoisotopic (exact) mass is 318 g/mol. The van der Waals surface area contributed by atoms with Crippen molar-refractivity contribution < 1.29 is 14.7 Å². The SMILES string of the molecule is CC(CN(C)C(=O)N1CCC(Cc2ccccc2)CC1)C(=O)O. The molecule has 126 valence electrons. The highest BCUT2D eigenvalue weighted by Gasteiger charge is 2.26. The minimum atomic E-state index is -0.869. The third-order valence-corrected chi connectivity index (χ3v) is 4.55. The number of urea groups is 1. The molecule has 2 rings (SSSR count). The average Bonchev–Trinajstić information content (AvgIpc) is 2.55. The average molecular weight is 318 g/mol. The summed E-state index contributed by atoms with van der Waals surface area (Å²) in [6.07, 6.45) is 3.07. The second kappa shape index (κ2) is 7.99. The van der Waals surface area contributed by atoms with E-state index in [1.165, 1.54) is 10.5 Å². The molecular formula is C18H26N2O3. The van der Waals surface area contributed by atoms with E-state index in [0.717, 1.165) is 32.4 Å². The number of carboxylic acid groups (broad SMARTS) is 1. The Kier molecular flexibility index (Phi) is 6.02. The zero-order valence-corrected chi connectivity index (χ0v) is 13.9. The Morgan fingerprint density at radius 1 is 1.26 bits per heavy atom. The summed E-state index contributed by atoms with van der Waals surface area (Å²) in [5.41, 5.74) is 1.35. The summed E-state index contributed by atoms with van der Waals surface area (Å²) in [7, 11) is 1.68. The highest BCUT2D eigenvalue weighted by atomic mass is 16.4. The van der Waals surface area contributed by atoms with E-state index in [1.807, 2.05) is 11.0 Å². The second-order valence-corrected chi connectivity index (χ2v) is 6.52. The quantitative estimate of drug-likeness (QED) is 0.908. The van der Waals surface area contributed by atoms with Crippen molar-refractivity contribution in [3.8, 4) is 0 Å². The van der Waals surface area contributed by atoms with Crippen LogP contribution >= 0.6 is 0 Å². The minimum Gasteiger partial charge on any atom is -0.481 e. The van der Waals surface area contributed by atoms with E-state index in [9.17, 15) is 9.59 Å². The molecule has 1 atom stereocenters. The van der Waals surface area contributed by atoms with E-state index in [-0.39, 0.29) is 12.6 Å². The molecule has 23 heavy (non-hydrogen) atoms. The predicted octanol–water partition coefficient (Wildman–Crippen LogP) is 2.71. The van der Waals surface area contributed by atoms with Crippen LogP contribution in [0.25, 0.3) is 0 Å². The Balaban J connectivity index is 1.79. The van der Waals surface area contributed by atoms with E-state index in [1.54, 1.807) is 14.0 Å². The summed E-state index contributed by atoms with van der Waals surface area (Å²) >= 11 is 0. The summed E-state index contributed by atoms with van der Waals surface area (Å²) < 4.78 is 0. The van der Waals surface area contributed by atoms with Crippen molar-refractivity contribution in [2.75, 3.05) is 26.7 Å². The van der Waals surface area contributed by atoms with Crippen LogP contribution in [0.3, 0.4) is 0 Å². The van der Waals surface area contributed by atoms with Crippen LogP contribution < -0.4 is 0 Å². The van der Waals surface area contributed by atoms with Gasteiger partial charge in [-0.25, -0.2) is 4.79 Å². The molecule has 1 N–H and O–H groups in total. The fraction of sp³-hybridized carbons (Fsp3) is 0.556. The molecule has 1 fully saturated rings. The molecule has 5 heteroatoms. The first-order valence-corrected chi connectivity index (χ1v) is 8.24. The van der Waals surface area contributed by atoms with Crippen LogP contribution in [0.5, 0.6) is 0 Å². The number of carboxylic acids is 1. The molecule has 0 radical (unpaired) electrons. The van der Waals surface area contributed by atoms with Gasteiger partial charge in [0.2, 0.25) is 0 Å². The molecule has 0 aromatic heterocycles. The van der Waals surface area contributed by atoms with Gasteiger partial charge in [-0.05, 0) is 30.7 Å². The van der Waals surface area contributed by atoms with Crippen LogP contribution in [0, 0.1) is 11.8 Å². The highest BCUT2D eigenvalue weighted by Crippen LogP contribution is 2.22. The van der Waals surface area contributed by atoms with E-state index in [4.69, 9.17) is 5.11 Å². The third-order valence-electron chi connectivity index (χ3n) is 4.55. The third kappa shape index (κ3) is 4.98. The van der Waals surface area contributed by atoms with Crippen LogP contribution in [0.15, 0.2) is 30.3 Å². The lowest BCUT2D eigenvalue weighted by Crippen LogP contribution is -2.47. The van der Waals surface area contributed by atoms with Crippen molar-refractivity contribution in [2.45, 2.75) is 26.2 Å². The van der Waals surface area contributed by atoms with Crippen molar-refractivity contribution in [2.24, 2.45) is 11.8 Å². The van der Waals surface area contributed by atoms with Crippen LogP contribution in [0.4, 0.5) is 4.79 Å². The molecule has 1 unspecified atom stereocenters. The zero-order valence-electron chi connectivity index (χ0n) is 13.9. The Bertz CT molecular complexity index is 524. The molecule has 2 amide bonds. The van der Waals surface area contributed by atoms with Gasteiger partial charge in [-0.2, -0.15) is 0 Å². The smallest absolute Gasteiger partial charge is 0.319 e. The maximum Gasteiger partial charge on any atom is 0.319 e. The largest absolute Gasteiger partial charge is 0.481 e. The van der Waals surface area contributed by atoms with Crippen LogP contribution in [0.1, 0.15) is 25.3 Å². The Morgan fingerprint density at radius 2 is 1.87 bits per heavy atom. The summed E-state index contributed by atoms with van der Waals surface area (Å²) in [6.45, 7) is 3.38. The number of likely N-dealkylation sites (tertiary alicyclic amines) is 1. The number of carbonyl (C=O) groups excluding carboxylic acids is 1. The van der Waals surface area contributed by atoms with Gasteiger partial charge in [0.05, 0.1) is 5.92 Å². The van der Waals surface area contributed by atoms with E-state index < -0.39 is 11.9 Å². The summed E-state index contributed by atoms with van der Waals surface area (Å²) in [4.78, 5) is 26.6. The summed E-state index contributed by atoms with van der Waals surface area (Å²) in [5.74, 6) is -0.796. The molecule has 1 aromatic carbocycles. The molecular weight excluding hydrogens is 292 g/mol. The number of piperidine rings is 1. The normalized spacial score (nSPS) is 16.9. The lowest BCUT2D eigenvalue weighted by Gasteiger charge is -2.35. The standard InChI is InChI=1S/C18H26N2O3/c1-14(17(21)22)13-19(2)18(23)20-10-8-16(9-11-20)12-15-6-4-3-5-7-15/h3-7,14,16H,8-13H2,1-2H3,(H,21,22). The molecule has 1 aliphatic heterocycles. The van der Waals surface area contributed by atoms with E-state index in [2.05, 4.69) is 24.3 Å². The molecule has 1 aromatic rings. The number of nitrogens with zero attached hydrogens (tertiary/aromatic N) is 2. The minimum absolute atomic E-state index is 0.0590. The maximum atomic E-state index is 12.4. The van der Waals surface area contributed by atoms with Gasteiger partial charge in [0, 0.05) is 26.7 Å². The summed E-state index contributed by atoms with van der Waals surface area (Å²) in [5, 5.41) is 8.95. The van der Waals surface area contributed by atoms with Gasteiger partial charge in [-0.1, -0.05) is 37.3 Å². The number of amides is 2. The van der Waals surface area contributed by atoms with Crippen LogP contribution in [-0.4, -0.2) is 53.6 Å². The molecule has 1 heterocycles. The van der Waals surface area contributed by atoms with Gasteiger partial charge in [-0.3, -0.25) is 4.79 Å². The topological polar surface area (TPSA) is 60.9 Å². The molecule has 0 aliphatic carbocycles. The van der Waals surface area contributed by atoms with E-state index in [0.29, 0.717) is 5.92 Å². The van der Waals surface area contributed by atoms with Crippen molar-refractivity contribution in [3.63, 3.8) is 0 Å². The Morgan fingerprint density at radius 3 is 2.43 bits per heavy atom. The lowest BCUT2D eigenvalue weighted by atomic mass is 9.90. The Hall–Kier alpha value is -2.04. The molecule has 0 bridgehead atoms. The van der Waals surface area contributed by atoms with Gasteiger partial charge in [0.1, 0.15) is 0 Å². The van der Waals surface area contributed by atoms with Crippen molar-refractivity contribution in [1.82, 2.24) is 9.80 Å². The van der Waals surface area contributed by atoms with Gasteiger partial charge in [-0.15, -0.1) is 0 Å². The van der Waals surface area contributed by atoms with Gasteiger partial charge in [0.15, 0.2) is 0 Å². The number of benzene rings is 1. The number of rotatable bonds is 5. The highest BCUT2D eigenvalue weighted by molar-refractivity contribution is 5.76. The first kappa shape index (κ1) is 17.3. The molecule has 5 nitrogen and oxygen atoms in total. The van der Waals surface area contributed by atoms with Crippen molar-refractivity contribution >= 4 is 12.0 Å². The van der Waals surface area contributed by atoms with Gasteiger partial charge >= 0.3 is 12.0 Å². The number of hydrogen-bond donors (Lipinski definition) is 1. The number of hydrogen-bond acceptors (Lipinski definition) is 2. The lowest BCUT2D eigenvalue weighted by molar-refractivity contribution is -0.141. The predicted molar refractivity (Wildman–Crippen MR) is 89.3 cm³/mol. The first-order valence-electron chi connectivity index (χ1n) is 8.24.